The Kier molecular flexibility index (Phi) is 3.95. The zero-order valence-corrected chi connectivity index (χ0v) is 14.0. The number of aryl methyl sites for hydroxylation is 1. The smallest absolute Gasteiger partial charge is 0.265 e. The maximum Gasteiger partial charge on any atom is 0.265 e. The van der Waals surface area contributed by atoms with Crippen molar-refractivity contribution in [1.29, 1.82) is 0 Å². The second-order valence-electron chi connectivity index (χ2n) is 4.82. The van der Waals surface area contributed by atoms with Crippen molar-refractivity contribution in [1.82, 2.24) is 4.98 Å². The molecule has 0 aliphatic rings. The van der Waals surface area contributed by atoms with Crippen LogP contribution in [0.4, 0.5) is 10.1 Å². The Hall–Kier alpha value is -2.19. The Morgan fingerprint density at radius 1 is 1.22 bits per heavy atom. The molecule has 8 heteroatoms. The van der Waals surface area contributed by atoms with Gasteiger partial charge in [-0.3, -0.25) is 4.72 Å². The fraction of sp³-hybridized carbons (Fsp3) is 0.133. The molecule has 3 aromatic rings. The van der Waals surface area contributed by atoms with Crippen LogP contribution in [-0.2, 0) is 10.0 Å². The van der Waals surface area contributed by atoms with Crippen LogP contribution in [0.25, 0.3) is 10.2 Å². The molecule has 0 bridgehead atoms. The van der Waals surface area contributed by atoms with E-state index in [1.807, 2.05) is 6.92 Å². The third-order valence-corrected chi connectivity index (χ3v) is 5.50. The fourth-order valence-corrected chi connectivity index (χ4v) is 4.27. The summed E-state index contributed by atoms with van der Waals surface area (Å²) in [7, 11) is -2.64. The molecule has 1 N–H and O–H groups in total. The maximum atomic E-state index is 13.4. The molecule has 0 amide bonds. The Bertz CT molecular complexity index is 984. The molecule has 0 atom stereocenters. The predicted molar refractivity (Wildman–Crippen MR) is 88.1 cm³/mol. The molecule has 1 aromatic heterocycles. The van der Waals surface area contributed by atoms with Crippen LogP contribution in [0.15, 0.2) is 41.3 Å². The van der Waals surface area contributed by atoms with Gasteiger partial charge in [0.2, 0.25) is 0 Å². The highest BCUT2D eigenvalue weighted by Crippen LogP contribution is 2.29. The molecule has 0 saturated heterocycles. The Labute approximate surface area is 136 Å². The van der Waals surface area contributed by atoms with Gasteiger partial charge in [-0.15, -0.1) is 11.3 Å². The van der Waals surface area contributed by atoms with E-state index in [0.717, 1.165) is 27.4 Å². The van der Waals surface area contributed by atoms with Gasteiger partial charge in [-0.05, 0) is 43.3 Å². The number of hydrogen-bond donors (Lipinski definition) is 1. The van der Waals surface area contributed by atoms with Gasteiger partial charge in [0.15, 0.2) is 0 Å². The van der Waals surface area contributed by atoms with Crippen LogP contribution in [0.1, 0.15) is 5.01 Å². The van der Waals surface area contributed by atoms with Gasteiger partial charge < -0.3 is 4.74 Å². The minimum atomic E-state index is -3.97. The minimum absolute atomic E-state index is 0.0774. The summed E-state index contributed by atoms with van der Waals surface area (Å²) in [6.07, 6.45) is 0. The summed E-state index contributed by atoms with van der Waals surface area (Å²) in [4.78, 5) is 4.07. The molecular formula is C15H13FN2O3S2. The van der Waals surface area contributed by atoms with Gasteiger partial charge in [0.1, 0.15) is 16.5 Å². The largest absolute Gasteiger partial charge is 0.495 e. The molecule has 3 rings (SSSR count). The summed E-state index contributed by atoms with van der Waals surface area (Å²) < 4.78 is 46.7. The van der Waals surface area contributed by atoms with Crippen molar-refractivity contribution in [2.45, 2.75) is 11.8 Å². The number of nitrogens with one attached hydrogen (secondary N) is 1. The molecule has 120 valence electrons. The van der Waals surface area contributed by atoms with Crippen molar-refractivity contribution in [2.24, 2.45) is 0 Å². The van der Waals surface area contributed by atoms with E-state index < -0.39 is 15.8 Å². The van der Waals surface area contributed by atoms with Gasteiger partial charge in [-0.1, -0.05) is 0 Å². The fourth-order valence-electron chi connectivity index (χ4n) is 2.17. The second-order valence-corrected chi connectivity index (χ2v) is 7.70. The molecule has 0 spiro atoms. The molecule has 0 aliphatic carbocycles. The Morgan fingerprint density at radius 3 is 2.74 bits per heavy atom. The molecule has 0 fully saturated rings. The van der Waals surface area contributed by atoms with E-state index in [9.17, 15) is 12.8 Å². The number of methoxy groups -OCH3 is 1. The lowest BCUT2D eigenvalue weighted by Gasteiger charge is -2.11. The molecule has 23 heavy (non-hydrogen) atoms. The van der Waals surface area contributed by atoms with Gasteiger partial charge in [-0.25, -0.2) is 17.8 Å². The van der Waals surface area contributed by atoms with E-state index in [4.69, 9.17) is 4.74 Å². The molecule has 0 saturated carbocycles. The number of benzene rings is 2. The topological polar surface area (TPSA) is 68.3 Å². The van der Waals surface area contributed by atoms with E-state index in [1.165, 1.54) is 24.5 Å². The van der Waals surface area contributed by atoms with Gasteiger partial charge in [0, 0.05) is 0 Å². The first-order valence-electron chi connectivity index (χ1n) is 6.62. The SMILES string of the molecule is COc1ccc(F)cc1S(=O)(=O)Nc1ccc2nc(C)sc2c1. The van der Waals surface area contributed by atoms with Crippen LogP contribution in [0.3, 0.4) is 0 Å². The van der Waals surface area contributed by atoms with Crippen LogP contribution < -0.4 is 9.46 Å². The number of aromatic nitrogens is 1. The first kappa shape index (κ1) is 15.7. The van der Waals surface area contributed by atoms with Crippen molar-refractivity contribution < 1.29 is 17.5 Å². The quantitative estimate of drug-likeness (QED) is 0.780. The zero-order valence-electron chi connectivity index (χ0n) is 12.3. The van der Waals surface area contributed by atoms with Crippen molar-refractivity contribution in [3.8, 4) is 5.75 Å². The normalized spacial score (nSPS) is 11.6. The zero-order chi connectivity index (χ0) is 16.6. The molecular weight excluding hydrogens is 339 g/mol. The number of rotatable bonds is 4. The lowest BCUT2D eigenvalue weighted by Crippen LogP contribution is -2.14. The summed E-state index contributed by atoms with van der Waals surface area (Å²) >= 11 is 1.47. The highest BCUT2D eigenvalue weighted by Gasteiger charge is 2.21. The van der Waals surface area contributed by atoms with Crippen LogP contribution in [0.5, 0.6) is 5.75 Å². The number of nitrogens with zero attached hydrogens (tertiary/aromatic N) is 1. The van der Waals surface area contributed by atoms with Crippen LogP contribution >= 0.6 is 11.3 Å². The average molecular weight is 352 g/mol. The van der Waals surface area contributed by atoms with Crippen molar-refractivity contribution in [3.63, 3.8) is 0 Å². The lowest BCUT2D eigenvalue weighted by molar-refractivity contribution is 0.401. The van der Waals surface area contributed by atoms with Gasteiger partial charge in [0.25, 0.3) is 10.0 Å². The van der Waals surface area contributed by atoms with Crippen LogP contribution in [-0.4, -0.2) is 20.5 Å². The number of hydrogen-bond acceptors (Lipinski definition) is 5. The van der Waals surface area contributed by atoms with Crippen molar-refractivity contribution in [3.05, 3.63) is 47.2 Å². The second kappa shape index (κ2) is 5.78. The molecule has 0 radical (unpaired) electrons. The number of sulfonamides is 1. The van der Waals surface area contributed by atoms with Crippen molar-refractivity contribution >= 4 is 37.3 Å². The number of ether oxygens (including phenoxy) is 1. The standard InChI is InChI=1S/C15H13FN2O3S2/c1-9-17-12-5-4-11(8-14(12)22-9)18-23(19,20)15-7-10(16)3-6-13(15)21-2/h3-8,18H,1-2H3. The lowest BCUT2D eigenvalue weighted by atomic mass is 10.3. The summed E-state index contributed by atoms with van der Waals surface area (Å²) in [6.45, 7) is 1.88. The number of thiazole rings is 1. The van der Waals surface area contributed by atoms with Gasteiger partial charge >= 0.3 is 0 Å². The summed E-state index contributed by atoms with van der Waals surface area (Å²) in [5, 5.41) is 0.895. The van der Waals surface area contributed by atoms with Crippen LogP contribution in [0, 0.1) is 12.7 Å². The number of halogens is 1. The Balaban J connectivity index is 2.01. The summed E-state index contributed by atoms with van der Waals surface area (Å²) in [6, 6.07) is 8.40. The van der Waals surface area contributed by atoms with E-state index >= 15 is 0 Å². The third-order valence-electron chi connectivity index (χ3n) is 3.16. The first-order valence-corrected chi connectivity index (χ1v) is 8.92. The van der Waals surface area contributed by atoms with E-state index in [0.29, 0.717) is 5.69 Å². The molecule has 5 nitrogen and oxygen atoms in total. The highest BCUT2D eigenvalue weighted by atomic mass is 32.2. The molecule has 1 heterocycles. The number of anilines is 1. The summed E-state index contributed by atoms with van der Waals surface area (Å²) in [5.74, 6) is -0.576. The third kappa shape index (κ3) is 3.13. The Morgan fingerprint density at radius 2 is 2.00 bits per heavy atom. The highest BCUT2D eigenvalue weighted by molar-refractivity contribution is 7.92. The molecule has 2 aromatic carbocycles. The minimum Gasteiger partial charge on any atom is -0.495 e. The van der Waals surface area contributed by atoms with Crippen molar-refractivity contribution in [2.75, 3.05) is 11.8 Å². The monoisotopic (exact) mass is 352 g/mol. The average Bonchev–Trinajstić information content (AvgIpc) is 2.86. The van der Waals surface area contributed by atoms with Gasteiger partial charge in [0.05, 0.1) is 28.0 Å². The molecule has 0 aliphatic heterocycles. The van der Waals surface area contributed by atoms with Gasteiger partial charge in [-0.2, -0.15) is 0 Å². The maximum absolute atomic E-state index is 13.4. The van der Waals surface area contributed by atoms with E-state index in [1.54, 1.807) is 18.2 Å². The van der Waals surface area contributed by atoms with E-state index in [-0.39, 0.29) is 10.6 Å². The van der Waals surface area contributed by atoms with Crippen LogP contribution in [0.2, 0.25) is 0 Å². The molecule has 0 unspecified atom stereocenters. The predicted octanol–water partition coefficient (Wildman–Crippen LogP) is 3.55. The summed E-state index contributed by atoms with van der Waals surface area (Å²) in [5.41, 5.74) is 1.19. The van der Waals surface area contributed by atoms with E-state index in [2.05, 4.69) is 9.71 Å². The first-order chi connectivity index (χ1) is 10.9. The number of fused-ring (bicyclic) bond motifs is 1.